The number of aromatic hydroxyl groups is 1. The van der Waals surface area contributed by atoms with Gasteiger partial charge in [0.2, 0.25) is 29.5 Å². The van der Waals surface area contributed by atoms with E-state index >= 15 is 0 Å². The third kappa shape index (κ3) is 21.2. The molecule has 78 heavy (non-hydrogen) atoms. The van der Waals surface area contributed by atoms with Crippen LogP contribution in [0.1, 0.15) is 87.6 Å². The second kappa shape index (κ2) is 30.8. The van der Waals surface area contributed by atoms with Crippen LogP contribution in [0.15, 0.2) is 89.9 Å². The van der Waals surface area contributed by atoms with E-state index in [9.17, 15) is 58.8 Å². The molecule has 1 saturated heterocycles. The van der Waals surface area contributed by atoms with Crippen LogP contribution in [-0.4, -0.2) is 145 Å². The van der Waals surface area contributed by atoms with E-state index in [4.69, 9.17) is 23.7 Å². The number of guanidine groups is 1. The summed E-state index contributed by atoms with van der Waals surface area (Å²) >= 11 is 5.69. The maximum Gasteiger partial charge on any atom is 0.354 e. The maximum atomic E-state index is 14.2. The van der Waals surface area contributed by atoms with Crippen molar-refractivity contribution in [2.45, 2.75) is 101 Å². The molecule has 1 fully saturated rings. The first-order valence-corrected chi connectivity index (χ1v) is 25.4. The van der Waals surface area contributed by atoms with E-state index in [1.807, 2.05) is 24.3 Å². The van der Waals surface area contributed by atoms with Gasteiger partial charge >= 0.3 is 17.9 Å². The highest BCUT2D eigenvalue weighted by Crippen LogP contribution is 2.14. The topological polar surface area (TPSA) is 404 Å². The molecule has 5 amide bonds. The largest absolute Gasteiger partial charge is 0.508 e. The smallest absolute Gasteiger partial charge is 0.354 e. The number of phenolic OH excluding ortho intramolecular Hbond substituents is 1. The number of carbonyl (C=O) groups is 8. The molecule has 0 saturated carbocycles. The molecule has 4 unspecified atom stereocenters. The number of pyridine rings is 2. The summed E-state index contributed by atoms with van der Waals surface area (Å²) in [6, 6.07) is 17.5. The Bertz CT molecular complexity index is 2780. The Morgan fingerprint density at radius 1 is 0.679 bits per heavy atom. The van der Waals surface area contributed by atoms with Gasteiger partial charge in [0.05, 0.1) is 29.3 Å². The molecule has 25 nitrogen and oxygen atoms in total. The molecule has 3 heterocycles. The maximum absolute atomic E-state index is 14.2. The fraction of sp³-hybridized carbons (Fsp3) is 0.385. The number of carboxylic acids is 3. The van der Waals surface area contributed by atoms with Crippen molar-refractivity contribution in [3.05, 3.63) is 124 Å². The molecule has 416 valence electrons. The van der Waals surface area contributed by atoms with E-state index in [-0.39, 0.29) is 67.9 Å². The highest BCUT2D eigenvalue weighted by atomic mass is 32.1. The number of hydrogen-bond donors (Lipinski definition) is 14. The van der Waals surface area contributed by atoms with Crippen LogP contribution in [0.25, 0.3) is 0 Å². The molecule has 0 spiro atoms. The third-order valence-electron chi connectivity index (χ3n) is 12.1. The first-order chi connectivity index (χ1) is 37.3. The van der Waals surface area contributed by atoms with Crippen molar-refractivity contribution in [2.24, 2.45) is 16.5 Å². The molecule has 0 bridgehead atoms. The van der Waals surface area contributed by atoms with E-state index in [0.29, 0.717) is 67.3 Å². The molecule has 1 aliphatic rings. The van der Waals surface area contributed by atoms with E-state index < -0.39 is 84.6 Å². The minimum atomic E-state index is -1.66. The highest BCUT2D eigenvalue weighted by Gasteiger charge is 2.33. The number of aliphatic imine (C=N–C) groups is 1. The number of hydrogen-bond acceptors (Lipinski definition) is 15. The normalized spacial score (nSPS) is 17.6. The van der Waals surface area contributed by atoms with Crippen LogP contribution in [0, 0.1) is 0 Å². The molecule has 2 aromatic heterocycles. The summed E-state index contributed by atoms with van der Waals surface area (Å²) in [5, 5.41) is 60.9. The quantitative estimate of drug-likeness (QED) is 0.0164. The number of carboxylic acid groups (broad SMARTS) is 3. The molecule has 5 atom stereocenters. The van der Waals surface area contributed by atoms with Crippen molar-refractivity contribution in [2.75, 3.05) is 26.2 Å². The number of rotatable bonds is 26. The summed E-state index contributed by atoms with van der Waals surface area (Å²) in [6.45, 7) is 0.847. The lowest BCUT2D eigenvalue weighted by atomic mass is 10.0. The lowest BCUT2D eigenvalue weighted by molar-refractivity contribution is -0.141. The second-order valence-corrected chi connectivity index (χ2v) is 18.8. The van der Waals surface area contributed by atoms with Crippen LogP contribution in [0.3, 0.4) is 0 Å². The fourth-order valence-corrected chi connectivity index (χ4v) is 8.38. The Balaban J connectivity index is 1.23. The average molecular weight is 1100 g/mol. The number of aliphatic carboxylic acids is 1. The van der Waals surface area contributed by atoms with Gasteiger partial charge in [-0.05, 0) is 91.6 Å². The zero-order chi connectivity index (χ0) is 56.6. The molecule has 0 aliphatic carbocycles. The van der Waals surface area contributed by atoms with Crippen molar-refractivity contribution in [1.29, 1.82) is 0 Å². The molecular weight excluding hydrogens is 1030 g/mol. The lowest BCUT2D eigenvalue weighted by Gasteiger charge is -2.26. The molecule has 0 radical (unpaired) electrons. The number of nitrogens with two attached hydrogens (primary N) is 2. The van der Waals surface area contributed by atoms with Crippen LogP contribution in [0.4, 0.5) is 0 Å². The number of carbonyl (C=O) groups excluding carboxylic acids is 5. The molecule has 26 heteroatoms. The number of phenols is 1. The zero-order valence-corrected chi connectivity index (χ0v) is 43.4. The summed E-state index contributed by atoms with van der Waals surface area (Å²) in [6.07, 6.45) is 1.06. The van der Waals surface area contributed by atoms with Crippen LogP contribution in [0.2, 0.25) is 0 Å². The molecule has 2 aromatic carbocycles. The third-order valence-corrected chi connectivity index (χ3v) is 12.4. The van der Waals surface area contributed by atoms with Gasteiger partial charge in [-0.3, -0.25) is 33.8 Å². The minimum Gasteiger partial charge on any atom is -0.508 e. The van der Waals surface area contributed by atoms with Gasteiger partial charge in [0.25, 0.3) is 0 Å². The average Bonchev–Trinajstić information content (AvgIpc) is 3.40. The minimum absolute atomic E-state index is 0.0126. The molecule has 1 aliphatic heterocycles. The standard InChI is InChI=1S/C52H65N13O12S/c53-52(54)57-21-5-11-37-47(71)63-38(48(72)64-41(23-31-16-18-36(66)19-17-31)49(73)65-42(25-45(68)69)46(70)59-29-43(67)62-37)8-1-2-20-56-44(78)24-32-14-12-30(13-15-32)22-35(58-28-34-7-4-10-40(61-34)51(76)77)27-55-26-33-6-3-9-39(60-33)50(74)75/h3-4,6-7,9-10,12-19,35,37-38,41-42,55,58,66H,1-2,5,8,11,20-29H2,(H,56,78)(H,59,70)(H,62,67)(H,63,71)(H,64,72)(H,65,73)(H,68,69)(H,74,75)(H,76,77)(H4,53,54,57)/t35-,37?,38?,41?,42?/m0/s1. The number of nitrogens with one attached hydrogen (secondary N) is 8. The van der Waals surface area contributed by atoms with E-state index in [0.717, 1.165) is 11.1 Å². The van der Waals surface area contributed by atoms with Gasteiger partial charge in [0.15, 0.2) is 5.96 Å². The van der Waals surface area contributed by atoms with Crippen molar-refractivity contribution in [3.8, 4) is 5.75 Å². The predicted molar refractivity (Wildman–Crippen MR) is 288 cm³/mol. The highest BCUT2D eigenvalue weighted by molar-refractivity contribution is 7.80. The second-order valence-electron chi connectivity index (χ2n) is 18.3. The van der Waals surface area contributed by atoms with Crippen LogP contribution >= 0.6 is 12.2 Å². The summed E-state index contributed by atoms with van der Waals surface area (Å²) in [5.41, 5.74) is 14.3. The number of benzene rings is 2. The van der Waals surface area contributed by atoms with Gasteiger partial charge in [-0.1, -0.05) is 60.7 Å². The number of aromatic carboxylic acids is 2. The number of unbranched alkanes of at least 4 members (excludes halogenated alkanes) is 1. The van der Waals surface area contributed by atoms with Gasteiger partial charge in [0, 0.05) is 51.6 Å². The van der Waals surface area contributed by atoms with E-state index in [1.165, 1.54) is 36.4 Å². The number of aromatic nitrogens is 2. The van der Waals surface area contributed by atoms with Crippen molar-refractivity contribution in [1.82, 2.24) is 52.5 Å². The Morgan fingerprint density at radius 2 is 1.24 bits per heavy atom. The van der Waals surface area contributed by atoms with Crippen LogP contribution in [-0.2, 0) is 61.1 Å². The Labute approximate surface area is 454 Å². The molecule has 5 rings (SSSR count). The fourth-order valence-electron chi connectivity index (χ4n) is 8.12. The Hall–Kier alpha value is -8.62. The van der Waals surface area contributed by atoms with Gasteiger partial charge in [-0.25, -0.2) is 19.6 Å². The number of thiocarbonyl (C=S) groups is 1. The summed E-state index contributed by atoms with van der Waals surface area (Å²) in [7, 11) is 0. The number of amides is 5. The Kier molecular flexibility index (Phi) is 23.8. The summed E-state index contributed by atoms with van der Waals surface area (Å²) in [4.78, 5) is 116. The van der Waals surface area contributed by atoms with E-state index in [1.54, 1.807) is 24.3 Å². The molecule has 4 aromatic rings. The van der Waals surface area contributed by atoms with Gasteiger partial charge < -0.3 is 74.4 Å². The first-order valence-electron chi connectivity index (χ1n) is 25.0. The lowest BCUT2D eigenvalue weighted by Crippen LogP contribution is -2.58. The summed E-state index contributed by atoms with van der Waals surface area (Å²) in [5.74, 6) is -8.21. The van der Waals surface area contributed by atoms with Crippen molar-refractivity contribution in [3.63, 3.8) is 0 Å². The van der Waals surface area contributed by atoms with Crippen LogP contribution in [0.5, 0.6) is 5.75 Å². The monoisotopic (exact) mass is 1100 g/mol. The SMILES string of the molecule is NC(N)=NCCCC1NC(=O)CNC(=O)C(CC(=O)O)NC(=O)C(Cc2ccc(O)cc2)NC(=O)C(CCCCNC(=S)Cc2ccc(C[C@@H](CNCc3cccc(C(=O)O)n3)NCc3cccc(C(=O)O)n3)cc2)NC1=O. The summed E-state index contributed by atoms with van der Waals surface area (Å²) < 4.78 is 0. The van der Waals surface area contributed by atoms with Crippen molar-refractivity contribution < 1.29 is 58.8 Å². The van der Waals surface area contributed by atoms with E-state index in [2.05, 4.69) is 57.5 Å². The molecular formula is C52H65N13O12S. The molecule has 16 N–H and O–H groups in total. The number of nitrogens with zero attached hydrogens (tertiary/aromatic N) is 3. The Morgan fingerprint density at radius 3 is 1.87 bits per heavy atom. The van der Waals surface area contributed by atoms with Crippen molar-refractivity contribution >= 4 is 70.6 Å². The first kappa shape index (κ1) is 60.2. The van der Waals surface area contributed by atoms with Crippen LogP contribution < -0.4 is 54.0 Å². The van der Waals surface area contributed by atoms with Gasteiger partial charge in [-0.15, -0.1) is 0 Å². The predicted octanol–water partition coefficient (Wildman–Crippen LogP) is -0.461. The van der Waals surface area contributed by atoms with Gasteiger partial charge in [-0.2, -0.15) is 0 Å². The van der Waals surface area contributed by atoms with Gasteiger partial charge in [0.1, 0.15) is 41.3 Å². The zero-order valence-electron chi connectivity index (χ0n) is 42.5.